The molecule has 0 unspecified atom stereocenters. The molecule has 1 rings (SSSR count). The van der Waals surface area contributed by atoms with Crippen molar-refractivity contribution in [3.63, 3.8) is 0 Å². The van der Waals surface area contributed by atoms with Gasteiger partial charge >= 0.3 is 0 Å². The number of rotatable bonds is 3. The molecule has 3 nitrogen and oxygen atoms in total. The van der Waals surface area contributed by atoms with Crippen molar-refractivity contribution in [2.75, 3.05) is 44.7 Å². The monoisotopic (exact) mass is 219 g/mol. The van der Waals surface area contributed by atoms with Gasteiger partial charge in [-0.3, -0.25) is 4.90 Å². The Morgan fingerprint density at radius 2 is 2.15 bits per heavy atom. The SMILES string of the molecule is CNC(=S)NCCN1CCSCC1. The van der Waals surface area contributed by atoms with Gasteiger partial charge in [0.1, 0.15) is 0 Å². The van der Waals surface area contributed by atoms with Crippen LogP contribution in [0.15, 0.2) is 0 Å². The zero-order valence-electron chi connectivity index (χ0n) is 8.01. The Kier molecular flexibility index (Phi) is 5.50. The van der Waals surface area contributed by atoms with E-state index >= 15 is 0 Å². The third-order valence-electron chi connectivity index (χ3n) is 2.04. The Morgan fingerprint density at radius 3 is 2.77 bits per heavy atom. The fourth-order valence-electron chi connectivity index (χ4n) is 1.24. The van der Waals surface area contributed by atoms with Crippen LogP contribution in [0.4, 0.5) is 0 Å². The van der Waals surface area contributed by atoms with Crippen LogP contribution in [-0.4, -0.2) is 54.7 Å². The van der Waals surface area contributed by atoms with E-state index in [4.69, 9.17) is 12.2 Å². The van der Waals surface area contributed by atoms with Gasteiger partial charge in [-0.25, -0.2) is 0 Å². The molecule has 76 valence electrons. The molecule has 0 radical (unpaired) electrons. The molecule has 1 saturated heterocycles. The lowest BCUT2D eigenvalue weighted by Gasteiger charge is -2.26. The van der Waals surface area contributed by atoms with Gasteiger partial charge in [0.05, 0.1) is 0 Å². The van der Waals surface area contributed by atoms with Crippen molar-refractivity contribution in [2.24, 2.45) is 0 Å². The maximum Gasteiger partial charge on any atom is 0.166 e. The second kappa shape index (κ2) is 6.45. The smallest absolute Gasteiger partial charge is 0.166 e. The molecule has 1 fully saturated rings. The van der Waals surface area contributed by atoms with Gasteiger partial charge in [-0.15, -0.1) is 0 Å². The minimum atomic E-state index is 0.742. The highest BCUT2D eigenvalue weighted by Crippen LogP contribution is 2.07. The summed E-state index contributed by atoms with van der Waals surface area (Å²) in [5, 5.41) is 6.79. The molecule has 1 heterocycles. The summed E-state index contributed by atoms with van der Waals surface area (Å²) in [5.41, 5.74) is 0. The number of nitrogens with zero attached hydrogens (tertiary/aromatic N) is 1. The van der Waals surface area contributed by atoms with Gasteiger partial charge in [-0.1, -0.05) is 0 Å². The number of nitrogens with one attached hydrogen (secondary N) is 2. The summed E-state index contributed by atoms with van der Waals surface area (Å²) in [7, 11) is 1.84. The minimum Gasteiger partial charge on any atom is -0.366 e. The van der Waals surface area contributed by atoms with E-state index in [-0.39, 0.29) is 0 Å². The van der Waals surface area contributed by atoms with E-state index in [0.717, 1.165) is 18.2 Å². The Labute approximate surface area is 89.6 Å². The number of hydrogen-bond donors (Lipinski definition) is 2. The average molecular weight is 219 g/mol. The molecule has 0 bridgehead atoms. The third kappa shape index (κ3) is 4.69. The highest BCUT2D eigenvalue weighted by atomic mass is 32.2. The summed E-state index contributed by atoms with van der Waals surface area (Å²) in [4.78, 5) is 2.47. The standard InChI is InChI=1S/C8H17N3S2/c1-9-8(12)10-2-3-11-4-6-13-7-5-11/h2-7H2,1H3,(H2,9,10,12). The van der Waals surface area contributed by atoms with Gasteiger partial charge in [0.25, 0.3) is 0 Å². The summed E-state index contributed by atoms with van der Waals surface area (Å²) in [6, 6.07) is 0. The highest BCUT2D eigenvalue weighted by molar-refractivity contribution is 7.99. The minimum absolute atomic E-state index is 0.742. The van der Waals surface area contributed by atoms with Gasteiger partial charge in [-0.2, -0.15) is 11.8 Å². The van der Waals surface area contributed by atoms with Crippen LogP contribution in [0.3, 0.4) is 0 Å². The van der Waals surface area contributed by atoms with Gasteiger partial charge in [0, 0.05) is 44.7 Å². The summed E-state index contributed by atoms with van der Waals surface area (Å²) < 4.78 is 0. The van der Waals surface area contributed by atoms with E-state index in [1.807, 2.05) is 18.8 Å². The van der Waals surface area contributed by atoms with Crippen molar-refractivity contribution in [1.82, 2.24) is 15.5 Å². The largest absolute Gasteiger partial charge is 0.366 e. The molecule has 13 heavy (non-hydrogen) atoms. The number of thioether (sulfide) groups is 1. The topological polar surface area (TPSA) is 27.3 Å². The molecule has 1 aliphatic rings. The lowest BCUT2D eigenvalue weighted by atomic mass is 10.4. The van der Waals surface area contributed by atoms with E-state index in [1.54, 1.807) is 0 Å². The first kappa shape index (κ1) is 11.1. The zero-order valence-corrected chi connectivity index (χ0v) is 9.64. The van der Waals surface area contributed by atoms with E-state index < -0.39 is 0 Å². The Hall–Kier alpha value is -0.0000000000000000555. The van der Waals surface area contributed by atoms with Crippen molar-refractivity contribution >= 4 is 29.1 Å². The van der Waals surface area contributed by atoms with Crippen molar-refractivity contribution in [3.8, 4) is 0 Å². The highest BCUT2D eigenvalue weighted by Gasteiger charge is 2.08. The van der Waals surface area contributed by atoms with Gasteiger partial charge in [0.2, 0.25) is 0 Å². The molecule has 0 aromatic rings. The van der Waals surface area contributed by atoms with Crippen LogP contribution >= 0.6 is 24.0 Å². The van der Waals surface area contributed by atoms with Gasteiger partial charge < -0.3 is 10.6 Å². The fourth-order valence-corrected chi connectivity index (χ4v) is 2.32. The van der Waals surface area contributed by atoms with Crippen LogP contribution in [0.5, 0.6) is 0 Å². The molecule has 1 aliphatic heterocycles. The second-order valence-electron chi connectivity index (χ2n) is 2.96. The predicted molar refractivity (Wildman–Crippen MR) is 63.4 cm³/mol. The third-order valence-corrected chi connectivity index (χ3v) is 3.34. The number of thiocarbonyl (C=S) groups is 1. The summed E-state index contributed by atoms with van der Waals surface area (Å²) >= 11 is 7.02. The molecule has 0 aromatic heterocycles. The van der Waals surface area contributed by atoms with Crippen LogP contribution in [0.2, 0.25) is 0 Å². The van der Waals surface area contributed by atoms with Crippen molar-refractivity contribution < 1.29 is 0 Å². The van der Waals surface area contributed by atoms with Crippen molar-refractivity contribution in [3.05, 3.63) is 0 Å². The second-order valence-corrected chi connectivity index (χ2v) is 4.59. The predicted octanol–water partition coefficient (Wildman–Crippen LogP) is 0.129. The van der Waals surface area contributed by atoms with Crippen LogP contribution in [-0.2, 0) is 0 Å². The molecule has 0 aliphatic carbocycles. The van der Waals surface area contributed by atoms with Crippen LogP contribution < -0.4 is 10.6 Å². The van der Waals surface area contributed by atoms with Crippen molar-refractivity contribution in [2.45, 2.75) is 0 Å². The lowest BCUT2D eigenvalue weighted by molar-refractivity contribution is 0.307. The Morgan fingerprint density at radius 1 is 1.46 bits per heavy atom. The molecular weight excluding hydrogens is 202 g/mol. The van der Waals surface area contributed by atoms with E-state index in [9.17, 15) is 0 Å². The molecule has 2 N–H and O–H groups in total. The Balaban J connectivity index is 2.01. The molecule has 5 heteroatoms. The maximum absolute atomic E-state index is 4.98. The van der Waals surface area contributed by atoms with Crippen LogP contribution in [0.1, 0.15) is 0 Å². The molecule has 0 aromatic carbocycles. The van der Waals surface area contributed by atoms with Crippen molar-refractivity contribution in [1.29, 1.82) is 0 Å². The average Bonchev–Trinajstić information content (AvgIpc) is 2.19. The number of hydrogen-bond acceptors (Lipinski definition) is 3. The molecule has 0 saturated carbocycles. The Bertz CT molecular complexity index is 157. The van der Waals surface area contributed by atoms with Crippen LogP contribution in [0.25, 0.3) is 0 Å². The lowest BCUT2D eigenvalue weighted by Crippen LogP contribution is -2.41. The zero-order chi connectivity index (χ0) is 9.52. The summed E-state index contributed by atoms with van der Waals surface area (Å²) in [6.07, 6.45) is 0. The maximum atomic E-state index is 4.98. The van der Waals surface area contributed by atoms with Crippen LogP contribution in [0, 0.1) is 0 Å². The molecule has 0 amide bonds. The normalized spacial score (nSPS) is 18.2. The first-order valence-corrected chi connectivity index (χ1v) is 6.15. The first-order valence-electron chi connectivity index (χ1n) is 4.58. The summed E-state index contributed by atoms with van der Waals surface area (Å²) in [6.45, 7) is 4.49. The molecule has 0 spiro atoms. The molecular formula is C8H17N3S2. The van der Waals surface area contributed by atoms with E-state index in [2.05, 4.69) is 15.5 Å². The molecule has 0 atom stereocenters. The fraction of sp³-hybridized carbons (Fsp3) is 0.875. The van der Waals surface area contributed by atoms with E-state index in [1.165, 1.54) is 24.6 Å². The quantitative estimate of drug-likeness (QED) is 0.658. The van der Waals surface area contributed by atoms with E-state index in [0.29, 0.717) is 0 Å². The first-order chi connectivity index (χ1) is 6.33. The van der Waals surface area contributed by atoms with Gasteiger partial charge in [-0.05, 0) is 12.2 Å². The summed E-state index contributed by atoms with van der Waals surface area (Å²) in [5.74, 6) is 2.55. The van der Waals surface area contributed by atoms with Gasteiger partial charge in [0.15, 0.2) is 5.11 Å².